The number of nitrogens with zero attached hydrogens (tertiary/aromatic N) is 2. The lowest BCUT2D eigenvalue weighted by molar-refractivity contribution is -0.122. The number of nitrogens with one attached hydrogen (secondary N) is 1. The van der Waals surface area contributed by atoms with E-state index >= 15 is 0 Å². The summed E-state index contributed by atoms with van der Waals surface area (Å²) in [6.07, 6.45) is -1.15. The topological polar surface area (TPSA) is 107 Å². The largest absolute Gasteiger partial charge is 0.497 e. The number of amides is 1. The van der Waals surface area contributed by atoms with E-state index in [0.717, 1.165) is 25.9 Å². The van der Waals surface area contributed by atoms with Gasteiger partial charge in [-0.3, -0.25) is 18.5 Å². The number of benzene rings is 3. The number of thiazole rings is 1. The number of anilines is 2. The maximum Gasteiger partial charge on any atom is 0.308 e. The molecule has 0 spiro atoms. The third-order valence-corrected chi connectivity index (χ3v) is 9.07. The molecule has 3 aromatic carbocycles. The number of carbonyl (C=O) groups excluding carboxylic acids is 1. The first-order valence-electron chi connectivity index (χ1n) is 11.7. The first-order valence-corrected chi connectivity index (χ1v) is 14.3. The standard InChI is InChI=1S/C26H24ClN3O6S2/c1-15(2)30-20-10-5-17(13-24(20)37-26(30)32)28-25(31)23-14-29(21-12-16(27)4-11-22(21)36-23)38(33,34)19-8-6-18(35-3)7-9-19/h4-13,15,23H,14H2,1-3H3,(H,28,31). The molecule has 2 heterocycles. The molecular weight excluding hydrogens is 550 g/mol. The minimum atomic E-state index is -4.07. The fourth-order valence-corrected chi connectivity index (χ4v) is 6.98. The van der Waals surface area contributed by atoms with Gasteiger partial charge in [-0.15, -0.1) is 0 Å². The van der Waals surface area contributed by atoms with Crippen molar-refractivity contribution in [1.29, 1.82) is 0 Å². The smallest absolute Gasteiger partial charge is 0.308 e. The molecule has 0 aliphatic carbocycles. The molecule has 0 radical (unpaired) electrons. The van der Waals surface area contributed by atoms with Crippen LogP contribution in [0.2, 0.25) is 5.02 Å². The number of methoxy groups -OCH3 is 1. The molecule has 4 aromatic rings. The van der Waals surface area contributed by atoms with Gasteiger partial charge in [0.25, 0.3) is 15.9 Å². The first kappa shape index (κ1) is 26.1. The van der Waals surface area contributed by atoms with Crippen LogP contribution in [0.25, 0.3) is 10.2 Å². The second kappa shape index (κ2) is 9.97. The molecule has 1 atom stereocenters. The average molecular weight is 574 g/mol. The summed E-state index contributed by atoms with van der Waals surface area (Å²) in [4.78, 5) is 25.6. The summed E-state index contributed by atoms with van der Waals surface area (Å²) < 4.78 is 41.9. The van der Waals surface area contributed by atoms with Gasteiger partial charge in [-0.2, -0.15) is 0 Å². The second-order valence-electron chi connectivity index (χ2n) is 8.93. The summed E-state index contributed by atoms with van der Waals surface area (Å²) in [7, 11) is -2.58. The van der Waals surface area contributed by atoms with Crippen LogP contribution in [0.3, 0.4) is 0 Å². The average Bonchev–Trinajstić information content (AvgIpc) is 3.23. The molecule has 1 aromatic heterocycles. The Hall–Kier alpha value is -3.54. The van der Waals surface area contributed by atoms with Gasteiger partial charge in [0.2, 0.25) is 0 Å². The quantitative estimate of drug-likeness (QED) is 0.351. The molecule has 0 saturated heterocycles. The van der Waals surface area contributed by atoms with Gasteiger partial charge >= 0.3 is 4.87 Å². The fourth-order valence-electron chi connectivity index (χ4n) is 4.29. The van der Waals surface area contributed by atoms with E-state index in [1.165, 1.54) is 31.4 Å². The number of fused-ring (bicyclic) bond motifs is 2. The van der Waals surface area contributed by atoms with Crippen molar-refractivity contribution >= 4 is 60.5 Å². The predicted molar refractivity (Wildman–Crippen MR) is 148 cm³/mol. The van der Waals surface area contributed by atoms with Gasteiger partial charge in [0.15, 0.2) is 6.10 Å². The fraction of sp³-hybridized carbons (Fsp3) is 0.231. The number of sulfonamides is 1. The summed E-state index contributed by atoms with van der Waals surface area (Å²) in [6.45, 7) is 3.59. The normalized spacial score (nSPS) is 15.3. The highest BCUT2D eigenvalue weighted by Crippen LogP contribution is 2.39. The molecule has 1 amide bonds. The van der Waals surface area contributed by atoms with Gasteiger partial charge in [0.05, 0.1) is 34.5 Å². The van der Waals surface area contributed by atoms with Crippen molar-refractivity contribution in [1.82, 2.24) is 4.57 Å². The zero-order valence-electron chi connectivity index (χ0n) is 20.7. The van der Waals surface area contributed by atoms with Gasteiger partial charge in [0, 0.05) is 16.8 Å². The molecule has 12 heteroatoms. The third-order valence-electron chi connectivity index (χ3n) is 6.13. The van der Waals surface area contributed by atoms with Crippen LogP contribution in [-0.2, 0) is 14.8 Å². The molecular formula is C26H24ClN3O6S2. The SMILES string of the molecule is COc1ccc(S(=O)(=O)N2CC(C(=O)Nc3ccc4c(c3)sc(=O)n4C(C)C)Oc3ccc(Cl)cc32)cc1. The third kappa shape index (κ3) is 4.72. The van der Waals surface area contributed by atoms with Crippen LogP contribution in [0.1, 0.15) is 19.9 Å². The molecule has 5 rings (SSSR count). The van der Waals surface area contributed by atoms with Crippen molar-refractivity contribution in [3.05, 3.63) is 75.4 Å². The monoisotopic (exact) mass is 573 g/mol. The van der Waals surface area contributed by atoms with Crippen molar-refractivity contribution in [3.8, 4) is 11.5 Å². The van der Waals surface area contributed by atoms with Crippen LogP contribution < -0.4 is 24.0 Å². The van der Waals surface area contributed by atoms with Gasteiger partial charge in [-0.25, -0.2) is 8.42 Å². The Morgan fingerprint density at radius 3 is 2.55 bits per heavy atom. The van der Waals surface area contributed by atoms with Gasteiger partial charge in [-0.1, -0.05) is 22.9 Å². The summed E-state index contributed by atoms with van der Waals surface area (Å²) >= 11 is 7.26. The lowest BCUT2D eigenvalue weighted by Gasteiger charge is -2.34. The van der Waals surface area contributed by atoms with Crippen molar-refractivity contribution in [2.24, 2.45) is 0 Å². The summed E-state index contributed by atoms with van der Waals surface area (Å²) in [5.41, 5.74) is 1.48. The van der Waals surface area contributed by atoms with Crippen molar-refractivity contribution < 1.29 is 22.7 Å². The van der Waals surface area contributed by atoms with Crippen LogP contribution in [0.4, 0.5) is 11.4 Å². The van der Waals surface area contributed by atoms with Gasteiger partial charge < -0.3 is 14.8 Å². The van der Waals surface area contributed by atoms with Crippen LogP contribution in [0, 0.1) is 0 Å². The molecule has 1 aliphatic rings. The van der Waals surface area contributed by atoms with E-state index < -0.39 is 22.0 Å². The lowest BCUT2D eigenvalue weighted by Crippen LogP contribution is -2.48. The number of carbonyl (C=O) groups is 1. The molecule has 1 aliphatic heterocycles. The summed E-state index contributed by atoms with van der Waals surface area (Å²) in [5.74, 6) is 0.188. The van der Waals surface area contributed by atoms with Gasteiger partial charge in [-0.05, 0) is 74.5 Å². The minimum absolute atomic E-state index is 0.000430. The number of hydrogen-bond donors (Lipinski definition) is 1. The van der Waals surface area contributed by atoms with E-state index in [4.69, 9.17) is 21.1 Å². The number of aromatic nitrogens is 1. The Kier molecular flexibility index (Phi) is 6.84. The van der Waals surface area contributed by atoms with E-state index in [-0.39, 0.29) is 33.8 Å². The minimum Gasteiger partial charge on any atom is -0.497 e. The molecule has 38 heavy (non-hydrogen) atoms. The van der Waals surface area contributed by atoms with Crippen molar-refractivity contribution in [2.45, 2.75) is 30.9 Å². The lowest BCUT2D eigenvalue weighted by atomic mass is 10.2. The zero-order valence-corrected chi connectivity index (χ0v) is 23.1. The van der Waals surface area contributed by atoms with E-state index in [1.54, 1.807) is 41.0 Å². The number of rotatable bonds is 6. The highest BCUT2D eigenvalue weighted by atomic mass is 35.5. The second-order valence-corrected chi connectivity index (χ2v) is 12.2. The Bertz CT molecular complexity index is 1700. The molecule has 1 N–H and O–H groups in total. The molecule has 0 fully saturated rings. The Morgan fingerprint density at radius 2 is 1.87 bits per heavy atom. The molecule has 0 bridgehead atoms. The molecule has 0 saturated carbocycles. The maximum atomic E-state index is 13.6. The molecule has 9 nitrogen and oxygen atoms in total. The number of halogens is 1. The first-order chi connectivity index (χ1) is 18.1. The van der Waals surface area contributed by atoms with Crippen molar-refractivity contribution in [2.75, 3.05) is 23.3 Å². The van der Waals surface area contributed by atoms with Crippen LogP contribution in [0.5, 0.6) is 11.5 Å². The molecule has 1 unspecified atom stereocenters. The highest BCUT2D eigenvalue weighted by Gasteiger charge is 2.38. The maximum absolute atomic E-state index is 13.6. The predicted octanol–water partition coefficient (Wildman–Crippen LogP) is 4.90. The Labute approximate surface area is 228 Å². The molecule has 198 valence electrons. The zero-order chi connectivity index (χ0) is 27.2. The summed E-state index contributed by atoms with van der Waals surface area (Å²) in [5, 5.41) is 3.12. The van der Waals surface area contributed by atoms with E-state index in [9.17, 15) is 18.0 Å². The Balaban J connectivity index is 1.46. The van der Waals surface area contributed by atoms with Gasteiger partial charge in [0.1, 0.15) is 11.5 Å². The Morgan fingerprint density at radius 1 is 1.13 bits per heavy atom. The van der Waals surface area contributed by atoms with E-state index in [1.807, 2.05) is 13.8 Å². The van der Waals surface area contributed by atoms with Crippen molar-refractivity contribution in [3.63, 3.8) is 0 Å². The van der Waals surface area contributed by atoms with E-state index in [0.29, 0.717) is 16.5 Å². The number of hydrogen-bond acceptors (Lipinski definition) is 7. The van der Waals surface area contributed by atoms with Crippen LogP contribution in [0.15, 0.2) is 70.4 Å². The highest BCUT2D eigenvalue weighted by molar-refractivity contribution is 7.92. The van der Waals surface area contributed by atoms with E-state index in [2.05, 4.69) is 5.32 Å². The summed E-state index contributed by atoms with van der Waals surface area (Å²) in [6, 6.07) is 15.8. The number of ether oxygens (including phenoxy) is 2. The van der Waals surface area contributed by atoms with Crippen LogP contribution >= 0.6 is 22.9 Å². The van der Waals surface area contributed by atoms with Crippen LogP contribution in [-0.4, -0.2) is 38.7 Å².